The first-order chi connectivity index (χ1) is 18.4. The fourth-order valence-corrected chi connectivity index (χ4v) is 10.6. The molecule has 7 rings (SSSR count). The number of fused-ring (bicyclic) bond motifs is 5. The molecule has 1 heterocycles. The van der Waals surface area contributed by atoms with Gasteiger partial charge < -0.3 is 9.64 Å². The van der Waals surface area contributed by atoms with Gasteiger partial charge in [-0.2, -0.15) is 0 Å². The van der Waals surface area contributed by atoms with Gasteiger partial charge in [-0.05, 0) is 118 Å². The molecular weight excluding hydrogens is 464 g/mol. The van der Waals surface area contributed by atoms with Crippen molar-refractivity contribution >= 4 is 10.8 Å². The molecule has 1 saturated heterocycles. The van der Waals surface area contributed by atoms with Crippen LogP contribution in [0.25, 0.3) is 10.8 Å². The van der Waals surface area contributed by atoms with E-state index in [0.29, 0.717) is 16.9 Å². The molecule has 0 N–H and O–H groups in total. The summed E-state index contributed by atoms with van der Waals surface area (Å²) >= 11 is 0. The predicted octanol–water partition coefficient (Wildman–Crippen LogP) is 7.41. The standard InChI is InChI=1S/C35H48N2O/c1-24-30-14-15-32-29-13-12-26-22-27(16-18-34(26,2)31(29)17-19-35(30,32)23-37(24)4)36(3)20-21-38-33-11-7-9-25-8-5-6-10-28(25)33/h5-12,24,27,29-32H,13-23H2,1-4H3/t24-,27-,29+,30+,31-,32-,34-,35-/m0/s1. The lowest BCUT2D eigenvalue weighted by molar-refractivity contribution is -0.0439. The molecule has 3 saturated carbocycles. The van der Waals surface area contributed by atoms with E-state index in [1.807, 2.05) is 0 Å². The Labute approximate surface area is 230 Å². The van der Waals surface area contributed by atoms with Crippen molar-refractivity contribution in [3.8, 4) is 5.75 Å². The second-order valence-corrected chi connectivity index (χ2v) is 14.1. The lowest BCUT2D eigenvalue weighted by atomic mass is 9.47. The lowest BCUT2D eigenvalue weighted by Gasteiger charge is -2.58. The van der Waals surface area contributed by atoms with Gasteiger partial charge in [0.1, 0.15) is 12.4 Å². The number of allylic oxidation sites excluding steroid dienone is 1. The van der Waals surface area contributed by atoms with E-state index in [1.54, 1.807) is 5.57 Å². The van der Waals surface area contributed by atoms with Crippen molar-refractivity contribution in [2.45, 2.75) is 77.3 Å². The average Bonchev–Trinajstić information content (AvgIpc) is 3.41. The van der Waals surface area contributed by atoms with Crippen LogP contribution in [0.5, 0.6) is 5.75 Å². The van der Waals surface area contributed by atoms with Crippen LogP contribution in [0, 0.1) is 34.5 Å². The number of hydrogen-bond donors (Lipinski definition) is 0. The van der Waals surface area contributed by atoms with Crippen molar-refractivity contribution in [1.82, 2.24) is 9.80 Å². The van der Waals surface area contributed by atoms with Gasteiger partial charge in [-0.25, -0.2) is 0 Å². The quantitative estimate of drug-likeness (QED) is 0.388. The summed E-state index contributed by atoms with van der Waals surface area (Å²) in [6.45, 7) is 8.29. The summed E-state index contributed by atoms with van der Waals surface area (Å²) in [5.74, 6) is 4.79. The van der Waals surface area contributed by atoms with Gasteiger partial charge in [0, 0.05) is 30.6 Å². The van der Waals surface area contributed by atoms with E-state index in [4.69, 9.17) is 4.74 Å². The minimum Gasteiger partial charge on any atom is -0.492 e. The molecule has 3 heteroatoms. The van der Waals surface area contributed by atoms with Crippen molar-refractivity contribution < 1.29 is 4.74 Å². The maximum absolute atomic E-state index is 6.31. The fraction of sp³-hybridized carbons (Fsp3) is 0.657. The van der Waals surface area contributed by atoms with Crippen LogP contribution in [0.3, 0.4) is 0 Å². The predicted molar refractivity (Wildman–Crippen MR) is 157 cm³/mol. The number of benzene rings is 2. The second kappa shape index (κ2) is 9.37. The highest BCUT2D eigenvalue weighted by atomic mass is 16.5. The number of rotatable bonds is 5. The Balaban J connectivity index is 1.01. The molecular formula is C35H48N2O. The minimum atomic E-state index is 0.440. The van der Waals surface area contributed by atoms with Crippen LogP contribution in [0.15, 0.2) is 54.1 Å². The van der Waals surface area contributed by atoms with Gasteiger partial charge in [-0.3, -0.25) is 4.90 Å². The van der Waals surface area contributed by atoms with Crippen LogP contribution < -0.4 is 4.74 Å². The van der Waals surface area contributed by atoms with Crippen LogP contribution >= 0.6 is 0 Å². The molecule has 8 atom stereocenters. The summed E-state index contributed by atoms with van der Waals surface area (Å²) < 4.78 is 6.31. The normalized spacial score (nSPS) is 40.4. The molecule has 38 heavy (non-hydrogen) atoms. The molecule has 2 aromatic carbocycles. The Morgan fingerprint density at radius 1 is 0.974 bits per heavy atom. The van der Waals surface area contributed by atoms with Crippen LogP contribution in [-0.2, 0) is 0 Å². The Hall–Kier alpha value is -1.84. The third-order valence-electron chi connectivity index (χ3n) is 12.8. The largest absolute Gasteiger partial charge is 0.492 e. The van der Waals surface area contributed by atoms with E-state index in [2.05, 4.69) is 86.3 Å². The van der Waals surface area contributed by atoms with Gasteiger partial charge in [0.05, 0.1) is 0 Å². The molecule has 0 bridgehead atoms. The van der Waals surface area contributed by atoms with Crippen molar-refractivity contribution in [3.05, 3.63) is 54.1 Å². The zero-order valence-corrected chi connectivity index (χ0v) is 24.2. The molecule has 0 unspecified atom stereocenters. The number of likely N-dealkylation sites (tertiary alicyclic amines) is 1. The molecule has 4 fully saturated rings. The number of nitrogens with zero attached hydrogens (tertiary/aromatic N) is 2. The summed E-state index contributed by atoms with van der Waals surface area (Å²) in [6, 6.07) is 16.4. The van der Waals surface area contributed by atoms with Crippen molar-refractivity contribution in [1.29, 1.82) is 0 Å². The van der Waals surface area contributed by atoms with E-state index >= 15 is 0 Å². The Morgan fingerprint density at radius 2 is 1.79 bits per heavy atom. The molecule has 0 radical (unpaired) electrons. The highest BCUT2D eigenvalue weighted by Gasteiger charge is 2.64. The highest BCUT2D eigenvalue weighted by Crippen LogP contribution is 2.68. The molecule has 0 aromatic heterocycles. The zero-order chi connectivity index (χ0) is 26.1. The van der Waals surface area contributed by atoms with E-state index in [1.165, 1.54) is 68.7 Å². The van der Waals surface area contributed by atoms with Crippen LogP contribution in [0.4, 0.5) is 0 Å². The molecule has 0 amide bonds. The summed E-state index contributed by atoms with van der Waals surface area (Å²) in [6.07, 6.45) is 14.0. The van der Waals surface area contributed by atoms with E-state index in [-0.39, 0.29) is 0 Å². The summed E-state index contributed by atoms with van der Waals surface area (Å²) in [5, 5.41) is 2.47. The van der Waals surface area contributed by atoms with Gasteiger partial charge in [0.15, 0.2) is 0 Å². The topological polar surface area (TPSA) is 15.7 Å². The molecule has 1 spiro atoms. The third kappa shape index (κ3) is 3.74. The maximum atomic E-state index is 6.31. The van der Waals surface area contributed by atoms with Crippen LogP contribution in [-0.4, -0.2) is 55.7 Å². The van der Waals surface area contributed by atoms with Crippen molar-refractivity contribution in [2.75, 3.05) is 33.8 Å². The molecule has 4 aliphatic carbocycles. The van der Waals surface area contributed by atoms with Gasteiger partial charge in [-0.1, -0.05) is 55.0 Å². The Bertz CT molecular complexity index is 1220. The minimum absolute atomic E-state index is 0.440. The van der Waals surface area contributed by atoms with E-state index in [9.17, 15) is 0 Å². The summed E-state index contributed by atoms with van der Waals surface area (Å²) in [5.41, 5.74) is 2.88. The smallest absolute Gasteiger partial charge is 0.127 e. The number of ether oxygens (including phenoxy) is 1. The number of hydrogen-bond acceptors (Lipinski definition) is 3. The van der Waals surface area contributed by atoms with Gasteiger partial charge in [0.2, 0.25) is 0 Å². The monoisotopic (exact) mass is 512 g/mol. The van der Waals surface area contributed by atoms with Crippen molar-refractivity contribution in [3.63, 3.8) is 0 Å². The Kier molecular flexibility index (Phi) is 6.20. The summed E-state index contributed by atoms with van der Waals surface area (Å²) in [7, 11) is 4.72. The first kappa shape index (κ1) is 25.1. The first-order valence-corrected chi connectivity index (χ1v) is 15.6. The average molecular weight is 513 g/mol. The number of likely N-dealkylation sites (N-methyl/N-ethyl adjacent to an activating group) is 1. The second-order valence-electron chi connectivity index (χ2n) is 14.1. The van der Waals surface area contributed by atoms with E-state index < -0.39 is 0 Å². The lowest BCUT2D eigenvalue weighted by Crippen LogP contribution is -2.52. The van der Waals surface area contributed by atoms with Gasteiger partial charge >= 0.3 is 0 Å². The maximum Gasteiger partial charge on any atom is 0.127 e. The first-order valence-electron chi connectivity index (χ1n) is 15.6. The molecule has 3 nitrogen and oxygen atoms in total. The molecule has 5 aliphatic rings. The summed E-state index contributed by atoms with van der Waals surface area (Å²) in [4.78, 5) is 5.29. The third-order valence-corrected chi connectivity index (χ3v) is 12.8. The zero-order valence-electron chi connectivity index (χ0n) is 24.2. The SMILES string of the molecule is C[C@H]1[C@H]2CC[C@H]3[C@@H]4CC=C5C[C@@H](N(C)CCOc6cccc7ccccc67)CC[C@]5(C)[C@H]4CC[C@]23CN1C. The van der Waals surface area contributed by atoms with Gasteiger partial charge in [-0.15, -0.1) is 0 Å². The molecule has 204 valence electrons. The van der Waals surface area contributed by atoms with E-state index in [0.717, 1.165) is 48.6 Å². The van der Waals surface area contributed by atoms with Gasteiger partial charge in [0.25, 0.3) is 0 Å². The molecule has 2 aromatic rings. The highest BCUT2D eigenvalue weighted by molar-refractivity contribution is 5.88. The fourth-order valence-electron chi connectivity index (χ4n) is 10.6. The van der Waals surface area contributed by atoms with Crippen LogP contribution in [0.2, 0.25) is 0 Å². The Morgan fingerprint density at radius 3 is 2.68 bits per heavy atom. The van der Waals surface area contributed by atoms with Crippen LogP contribution in [0.1, 0.15) is 65.2 Å². The van der Waals surface area contributed by atoms with Crippen molar-refractivity contribution in [2.24, 2.45) is 34.5 Å². The molecule has 1 aliphatic heterocycles.